The van der Waals surface area contributed by atoms with Gasteiger partial charge in [0.25, 0.3) is 0 Å². The van der Waals surface area contributed by atoms with Crippen LogP contribution in [-0.4, -0.2) is 19.4 Å². The summed E-state index contributed by atoms with van der Waals surface area (Å²) in [7, 11) is 0. The fraction of sp³-hybridized carbons (Fsp3) is 0.133. The lowest BCUT2D eigenvalue weighted by Crippen LogP contribution is -2.17. The van der Waals surface area contributed by atoms with Crippen LogP contribution in [0.4, 0.5) is 13.2 Å². The molecule has 114 valence electrons. The Kier molecular flexibility index (Phi) is 3.40. The van der Waals surface area contributed by atoms with E-state index in [0.717, 1.165) is 0 Å². The van der Waals surface area contributed by atoms with Crippen molar-refractivity contribution in [3.8, 4) is 28.4 Å². The van der Waals surface area contributed by atoms with Crippen LogP contribution in [0.25, 0.3) is 11.1 Å². The summed E-state index contributed by atoms with van der Waals surface area (Å²) in [5.41, 5.74) is 1.13. The van der Waals surface area contributed by atoms with Crippen LogP contribution in [0, 0.1) is 0 Å². The SMILES string of the molecule is O=Cc1cc2c(cc1-c1cccc(OC(F)(F)F)c1)OCO2. The Labute approximate surface area is 123 Å². The zero-order chi connectivity index (χ0) is 15.7. The van der Waals surface area contributed by atoms with Gasteiger partial charge in [-0.3, -0.25) is 4.79 Å². The molecule has 2 aromatic rings. The number of hydrogen-bond donors (Lipinski definition) is 0. The molecule has 0 aromatic heterocycles. The molecule has 0 fully saturated rings. The maximum absolute atomic E-state index is 12.3. The van der Waals surface area contributed by atoms with E-state index in [-0.39, 0.29) is 18.1 Å². The molecule has 0 atom stereocenters. The van der Waals surface area contributed by atoms with Gasteiger partial charge in [-0.05, 0) is 35.4 Å². The summed E-state index contributed by atoms with van der Waals surface area (Å²) in [6.45, 7) is 0.0360. The zero-order valence-electron chi connectivity index (χ0n) is 11.0. The summed E-state index contributed by atoms with van der Waals surface area (Å²) < 4.78 is 51.1. The monoisotopic (exact) mass is 310 g/mol. The van der Waals surface area contributed by atoms with Gasteiger partial charge in [-0.25, -0.2) is 0 Å². The number of halogens is 3. The number of alkyl halides is 3. The second kappa shape index (κ2) is 5.25. The van der Waals surface area contributed by atoms with Gasteiger partial charge in [0.05, 0.1) is 0 Å². The molecule has 2 aromatic carbocycles. The second-order valence-corrected chi connectivity index (χ2v) is 4.49. The first-order chi connectivity index (χ1) is 10.5. The first kappa shape index (κ1) is 14.2. The molecule has 0 radical (unpaired) electrons. The van der Waals surface area contributed by atoms with Crippen molar-refractivity contribution in [1.29, 1.82) is 0 Å². The summed E-state index contributed by atoms with van der Waals surface area (Å²) in [5, 5.41) is 0. The van der Waals surface area contributed by atoms with Crippen LogP contribution < -0.4 is 14.2 Å². The van der Waals surface area contributed by atoms with Gasteiger partial charge < -0.3 is 14.2 Å². The van der Waals surface area contributed by atoms with E-state index in [2.05, 4.69) is 4.74 Å². The lowest BCUT2D eigenvalue weighted by Gasteiger charge is -2.11. The highest BCUT2D eigenvalue weighted by Gasteiger charge is 2.31. The van der Waals surface area contributed by atoms with Crippen molar-refractivity contribution < 1.29 is 32.2 Å². The molecular weight excluding hydrogens is 301 g/mol. The molecule has 1 aliphatic heterocycles. The van der Waals surface area contributed by atoms with Crippen molar-refractivity contribution in [2.45, 2.75) is 6.36 Å². The summed E-state index contributed by atoms with van der Waals surface area (Å²) in [4.78, 5) is 11.2. The van der Waals surface area contributed by atoms with Crippen molar-refractivity contribution in [2.24, 2.45) is 0 Å². The number of carbonyl (C=O) groups excluding carboxylic acids is 1. The van der Waals surface area contributed by atoms with Crippen molar-refractivity contribution in [3.05, 3.63) is 42.0 Å². The lowest BCUT2D eigenvalue weighted by atomic mass is 9.99. The second-order valence-electron chi connectivity index (χ2n) is 4.49. The van der Waals surface area contributed by atoms with E-state index in [1.165, 1.54) is 24.3 Å². The third kappa shape index (κ3) is 2.83. The average molecular weight is 310 g/mol. The molecule has 0 unspecified atom stereocenters. The Morgan fingerprint density at radius 2 is 1.82 bits per heavy atom. The molecule has 4 nitrogen and oxygen atoms in total. The van der Waals surface area contributed by atoms with Crippen LogP contribution in [0.2, 0.25) is 0 Å². The third-order valence-corrected chi connectivity index (χ3v) is 3.05. The molecule has 0 bridgehead atoms. The standard InChI is InChI=1S/C15H9F3O4/c16-15(17,18)22-11-3-1-2-9(4-11)12-6-14-13(20-8-21-14)5-10(12)7-19/h1-7H,8H2. The quantitative estimate of drug-likeness (QED) is 0.809. The molecule has 22 heavy (non-hydrogen) atoms. The van der Waals surface area contributed by atoms with Crippen LogP contribution in [0.15, 0.2) is 36.4 Å². The molecule has 0 saturated carbocycles. The number of benzene rings is 2. The number of rotatable bonds is 3. The number of ether oxygens (including phenoxy) is 3. The zero-order valence-corrected chi connectivity index (χ0v) is 11.0. The normalized spacial score (nSPS) is 13.0. The minimum absolute atomic E-state index is 0.0360. The molecular formula is C15H9F3O4. The van der Waals surface area contributed by atoms with E-state index in [1.807, 2.05) is 0 Å². The van der Waals surface area contributed by atoms with E-state index >= 15 is 0 Å². The van der Waals surface area contributed by atoms with Crippen molar-refractivity contribution in [1.82, 2.24) is 0 Å². The molecule has 0 aliphatic carbocycles. The Morgan fingerprint density at radius 1 is 1.09 bits per heavy atom. The van der Waals surface area contributed by atoms with Gasteiger partial charge >= 0.3 is 6.36 Å². The highest BCUT2D eigenvalue weighted by molar-refractivity contribution is 5.89. The molecule has 0 amide bonds. The number of fused-ring (bicyclic) bond motifs is 1. The average Bonchev–Trinajstić information content (AvgIpc) is 2.91. The molecule has 1 aliphatic rings. The molecule has 0 saturated heterocycles. The van der Waals surface area contributed by atoms with Crippen LogP contribution >= 0.6 is 0 Å². The fourth-order valence-corrected chi connectivity index (χ4v) is 2.17. The highest BCUT2D eigenvalue weighted by Crippen LogP contribution is 2.39. The molecule has 7 heteroatoms. The highest BCUT2D eigenvalue weighted by atomic mass is 19.4. The van der Waals surface area contributed by atoms with Gasteiger partial charge in [-0.15, -0.1) is 13.2 Å². The van der Waals surface area contributed by atoms with Gasteiger partial charge in [0.15, 0.2) is 17.8 Å². The fourth-order valence-electron chi connectivity index (χ4n) is 2.17. The Hall–Kier alpha value is -2.70. The summed E-state index contributed by atoms with van der Waals surface area (Å²) in [5.74, 6) is 0.496. The maximum Gasteiger partial charge on any atom is 0.573 e. The maximum atomic E-state index is 12.3. The number of aldehydes is 1. The predicted molar refractivity (Wildman–Crippen MR) is 70.1 cm³/mol. The first-order valence-corrected chi connectivity index (χ1v) is 6.21. The van der Waals surface area contributed by atoms with Crippen LogP contribution in [0.5, 0.6) is 17.2 Å². The Balaban J connectivity index is 2.04. The van der Waals surface area contributed by atoms with E-state index in [0.29, 0.717) is 28.9 Å². The van der Waals surface area contributed by atoms with E-state index in [9.17, 15) is 18.0 Å². The Morgan fingerprint density at radius 3 is 2.50 bits per heavy atom. The van der Waals surface area contributed by atoms with Gasteiger partial charge in [0, 0.05) is 5.56 Å². The van der Waals surface area contributed by atoms with Crippen molar-refractivity contribution in [3.63, 3.8) is 0 Å². The predicted octanol–water partition coefficient (Wildman–Crippen LogP) is 3.79. The lowest BCUT2D eigenvalue weighted by molar-refractivity contribution is -0.274. The minimum atomic E-state index is -4.78. The van der Waals surface area contributed by atoms with Crippen molar-refractivity contribution >= 4 is 6.29 Å². The van der Waals surface area contributed by atoms with Gasteiger partial charge in [0.2, 0.25) is 6.79 Å². The van der Waals surface area contributed by atoms with E-state index in [1.54, 1.807) is 12.1 Å². The first-order valence-electron chi connectivity index (χ1n) is 6.21. The largest absolute Gasteiger partial charge is 0.573 e. The van der Waals surface area contributed by atoms with Crippen LogP contribution in [-0.2, 0) is 0 Å². The molecule has 3 rings (SSSR count). The van der Waals surface area contributed by atoms with Crippen molar-refractivity contribution in [2.75, 3.05) is 6.79 Å². The number of hydrogen-bond acceptors (Lipinski definition) is 4. The summed E-state index contributed by atoms with van der Waals surface area (Å²) >= 11 is 0. The van der Waals surface area contributed by atoms with Gasteiger partial charge in [-0.2, -0.15) is 0 Å². The summed E-state index contributed by atoms with van der Waals surface area (Å²) in [6.07, 6.45) is -4.17. The number of carbonyl (C=O) groups is 1. The van der Waals surface area contributed by atoms with E-state index < -0.39 is 6.36 Å². The smallest absolute Gasteiger partial charge is 0.454 e. The third-order valence-electron chi connectivity index (χ3n) is 3.05. The van der Waals surface area contributed by atoms with Gasteiger partial charge in [-0.1, -0.05) is 12.1 Å². The van der Waals surface area contributed by atoms with Crippen LogP contribution in [0.1, 0.15) is 10.4 Å². The minimum Gasteiger partial charge on any atom is -0.454 e. The topological polar surface area (TPSA) is 44.8 Å². The van der Waals surface area contributed by atoms with E-state index in [4.69, 9.17) is 9.47 Å². The summed E-state index contributed by atoms with van der Waals surface area (Å²) in [6, 6.07) is 8.42. The molecule has 0 N–H and O–H groups in total. The molecule has 1 heterocycles. The van der Waals surface area contributed by atoms with Gasteiger partial charge in [0.1, 0.15) is 5.75 Å². The molecule has 0 spiro atoms. The van der Waals surface area contributed by atoms with Crippen LogP contribution in [0.3, 0.4) is 0 Å². The Bertz CT molecular complexity index is 725.